The van der Waals surface area contributed by atoms with Crippen LogP contribution in [0.1, 0.15) is 41.4 Å². The van der Waals surface area contributed by atoms with Gasteiger partial charge in [-0.2, -0.15) is 0 Å². The van der Waals surface area contributed by atoms with E-state index in [1.165, 1.54) is 0 Å². The molecule has 1 fully saturated rings. The third-order valence-corrected chi connectivity index (χ3v) is 4.85. The summed E-state index contributed by atoms with van der Waals surface area (Å²) in [5, 5.41) is 6.25. The molecule has 22 heavy (non-hydrogen) atoms. The Hall–Kier alpha value is -1.66. The number of ketones is 1. The molecular formula is C16H21N3O2S. The summed E-state index contributed by atoms with van der Waals surface area (Å²) in [5.41, 5.74) is 4.47. The van der Waals surface area contributed by atoms with Crippen LogP contribution in [-0.2, 0) is 4.74 Å². The summed E-state index contributed by atoms with van der Waals surface area (Å²) in [4.78, 5) is 19.6. The van der Waals surface area contributed by atoms with Crippen molar-refractivity contribution in [2.45, 2.75) is 39.7 Å². The van der Waals surface area contributed by atoms with Crippen LogP contribution in [0.15, 0.2) is 5.38 Å². The molecule has 1 atom stereocenters. The van der Waals surface area contributed by atoms with E-state index in [-0.39, 0.29) is 5.78 Å². The molecule has 0 aliphatic carbocycles. The highest BCUT2D eigenvalue weighted by Gasteiger charge is 2.19. The van der Waals surface area contributed by atoms with Crippen molar-refractivity contribution >= 4 is 22.3 Å². The fourth-order valence-corrected chi connectivity index (χ4v) is 3.72. The molecule has 2 N–H and O–H groups in total. The molecular weight excluding hydrogens is 298 g/mol. The van der Waals surface area contributed by atoms with Crippen molar-refractivity contribution in [2.24, 2.45) is 0 Å². The predicted octanol–water partition coefficient (Wildman–Crippen LogP) is 3.55. The average Bonchev–Trinajstić information content (AvgIpc) is 3.17. The van der Waals surface area contributed by atoms with E-state index in [0.717, 1.165) is 59.3 Å². The predicted molar refractivity (Wildman–Crippen MR) is 88.8 cm³/mol. The van der Waals surface area contributed by atoms with Crippen molar-refractivity contribution in [2.75, 3.05) is 18.5 Å². The lowest BCUT2D eigenvalue weighted by Gasteiger charge is -2.09. The van der Waals surface area contributed by atoms with E-state index in [2.05, 4.69) is 15.3 Å². The van der Waals surface area contributed by atoms with Gasteiger partial charge in [0, 0.05) is 29.8 Å². The molecule has 0 amide bonds. The first-order chi connectivity index (χ1) is 10.6. The number of rotatable bonds is 5. The normalized spacial score (nSPS) is 17.9. The van der Waals surface area contributed by atoms with Gasteiger partial charge in [0.2, 0.25) is 0 Å². The second kappa shape index (κ2) is 6.22. The maximum Gasteiger partial charge on any atom is 0.183 e. The van der Waals surface area contributed by atoms with Crippen LogP contribution in [-0.4, -0.2) is 35.0 Å². The maximum absolute atomic E-state index is 11.7. The quantitative estimate of drug-likeness (QED) is 0.827. The first kappa shape index (κ1) is 15.2. The van der Waals surface area contributed by atoms with E-state index < -0.39 is 0 Å². The third kappa shape index (κ3) is 2.94. The van der Waals surface area contributed by atoms with Gasteiger partial charge in [0.15, 0.2) is 10.9 Å². The molecule has 1 aliphatic rings. The highest BCUT2D eigenvalue weighted by atomic mass is 32.1. The zero-order valence-electron chi connectivity index (χ0n) is 13.2. The molecule has 0 radical (unpaired) electrons. The van der Waals surface area contributed by atoms with Gasteiger partial charge in [0.25, 0.3) is 0 Å². The van der Waals surface area contributed by atoms with E-state index in [1.807, 2.05) is 19.2 Å². The summed E-state index contributed by atoms with van der Waals surface area (Å²) in [6.07, 6.45) is 2.55. The summed E-state index contributed by atoms with van der Waals surface area (Å²) in [6.45, 7) is 7.16. The minimum Gasteiger partial charge on any atom is -0.376 e. The summed E-state index contributed by atoms with van der Waals surface area (Å²) in [6, 6.07) is 0. The SMILES string of the molecule is CC(=O)c1c(C)[nH]c(-c2csc(NC[C@H]3CCCO3)n2)c1C. The standard InChI is InChI=1S/C16H21N3O2S/c1-9-14(11(3)20)10(2)18-15(9)13-8-22-16(19-13)17-7-12-5-4-6-21-12/h8,12,18H,4-7H2,1-3H3,(H,17,19)/t12-/m1/s1. The number of hydrogen-bond donors (Lipinski definition) is 2. The Morgan fingerprint density at radius 1 is 1.55 bits per heavy atom. The van der Waals surface area contributed by atoms with E-state index in [9.17, 15) is 4.79 Å². The van der Waals surface area contributed by atoms with Crippen LogP contribution in [0.25, 0.3) is 11.4 Å². The molecule has 0 spiro atoms. The number of ether oxygens (including phenoxy) is 1. The van der Waals surface area contributed by atoms with Crippen LogP contribution in [0.2, 0.25) is 0 Å². The number of hydrogen-bond acceptors (Lipinski definition) is 5. The van der Waals surface area contributed by atoms with E-state index >= 15 is 0 Å². The van der Waals surface area contributed by atoms with Crippen molar-refractivity contribution < 1.29 is 9.53 Å². The molecule has 5 nitrogen and oxygen atoms in total. The van der Waals surface area contributed by atoms with Gasteiger partial charge < -0.3 is 15.0 Å². The van der Waals surface area contributed by atoms with Crippen LogP contribution in [0, 0.1) is 13.8 Å². The van der Waals surface area contributed by atoms with Gasteiger partial charge in [-0.15, -0.1) is 11.3 Å². The number of thiazole rings is 1. The number of aromatic nitrogens is 2. The number of nitrogens with one attached hydrogen (secondary N) is 2. The van der Waals surface area contributed by atoms with Gasteiger partial charge in [-0.25, -0.2) is 4.98 Å². The van der Waals surface area contributed by atoms with Gasteiger partial charge >= 0.3 is 0 Å². The molecule has 1 saturated heterocycles. The Morgan fingerprint density at radius 3 is 3.00 bits per heavy atom. The topological polar surface area (TPSA) is 67.0 Å². The summed E-state index contributed by atoms with van der Waals surface area (Å²) in [5.74, 6) is 0.0875. The second-order valence-electron chi connectivity index (χ2n) is 5.74. The summed E-state index contributed by atoms with van der Waals surface area (Å²) < 4.78 is 5.60. The zero-order valence-corrected chi connectivity index (χ0v) is 14.0. The lowest BCUT2D eigenvalue weighted by molar-refractivity contribution is 0.101. The lowest BCUT2D eigenvalue weighted by atomic mass is 10.1. The van der Waals surface area contributed by atoms with Crippen LogP contribution >= 0.6 is 11.3 Å². The first-order valence-corrected chi connectivity index (χ1v) is 8.45. The first-order valence-electron chi connectivity index (χ1n) is 7.57. The molecule has 3 heterocycles. The number of Topliss-reactive ketones (excluding diaryl/α,β-unsaturated/α-hetero) is 1. The summed E-state index contributed by atoms with van der Waals surface area (Å²) >= 11 is 1.58. The summed E-state index contributed by atoms with van der Waals surface area (Å²) in [7, 11) is 0. The maximum atomic E-state index is 11.7. The van der Waals surface area contributed by atoms with Gasteiger partial charge in [0.1, 0.15) is 5.69 Å². The molecule has 3 rings (SSSR count). The number of nitrogens with zero attached hydrogens (tertiary/aromatic N) is 1. The lowest BCUT2D eigenvalue weighted by Crippen LogP contribution is -2.18. The van der Waals surface area contributed by atoms with E-state index in [4.69, 9.17) is 4.74 Å². The largest absolute Gasteiger partial charge is 0.376 e. The molecule has 0 aromatic carbocycles. The number of H-pyrrole nitrogens is 1. The second-order valence-corrected chi connectivity index (χ2v) is 6.59. The smallest absolute Gasteiger partial charge is 0.183 e. The van der Waals surface area contributed by atoms with Crippen LogP contribution in [0.5, 0.6) is 0 Å². The number of anilines is 1. The van der Waals surface area contributed by atoms with Crippen molar-refractivity contribution in [1.29, 1.82) is 0 Å². The monoisotopic (exact) mass is 319 g/mol. The Labute approximate surface area is 134 Å². The highest BCUT2D eigenvalue weighted by Crippen LogP contribution is 2.30. The van der Waals surface area contributed by atoms with Crippen molar-refractivity contribution in [3.8, 4) is 11.4 Å². The Morgan fingerprint density at radius 2 is 2.36 bits per heavy atom. The van der Waals surface area contributed by atoms with Crippen molar-refractivity contribution in [3.63, 3.8) is 0 Å². The average molecular weight is 319 g/mol. The molecule has 0 unspecified atom stereocenters. The minimum absolute atomic E-state index is 0.0875. The van der Waals surface area contributed by atoms with Gasteiger partial charge in [-0.05, 0) is 39.2 Å². The van der Waals surface area contributed by atoms with Crippen molar-refractivity contribution in [1.82, 2.24) is 9.97 Å². The van der Waals surface area contributed by atoms with Crippen LogP contribution in [0.3, 0.4) is 0 Å². The van der Waals surface area contributed by atoms with Crippen LogP contribution < -0.4 is 5.32 Å². The number of carbonyl (C=O) groups excluding carboxylic acids is 1. The van der Waals surface area contributed by atoms with Crippen LogP contribution in [0.4, 0.5) is 5.13 Å². The third-order valence-electron chi connectivity index (χ3n) is 4.05. The van der Waals surface area contributed by atoms with E-state index in [0.29, 0.717) is 6.10 Å². The molecule has 2 aromatic rings. The Kier molecular flexibility index (Phi) is 4.31. The molecule has 0 bridgehead atoms. The Balaban J connectivity index is 1.76. The molecule has 118 valence electrons. The van der Waals surface area contributed by atoms with E-state index in [1.54, 1.807) is 18.3 Å². The van der Waals surface area contributed by atoms with Gasteiger partial charge in [0.05, 0.1) is 11.8 Å². The zero-order chi connectivity index (χ0) is 15.7. The highest BCUT2D eigenvalue weighted by molar-refractivity contribution is 7.14. The number of carbonyl (C=O) groups is 1. The molecule has 0 saturated carbocycles. The minimum atomic E-state index is 0.0875. The molecule has 6 heteroatoms. The molecule has 1 aliphatic heterocycles. The fraction of sp³-hybridized carbons (Fsp3) is 0.500. The number of aryl methyl sites for hydroxylation is 1. The molecule has 2 aromatic heterocycles. The van der Waals surface area contributed by atoms with Crippen molar-refractivity contribution in [3.05, 3.63) is 22.2 Å². The van der Waals surface area contributed by atoms with Gasteiger partial charge in [-0.1, -0.05) is 0 Å². The fourth-order valence-electron chi connectivity index (χ4n) is 3.01. The Bertz CT molecular complexity index is 684. The van der Waals surface area contributed by atoms with Gasteiger partial charge in [-0.3, -0.25) is 4.79 Å². The number of aromatic amines is 1.